The van der Waals surface area contributed by atoms with Crippen LogP contribution in [-0.4, -0.2) is 36.8 Å². The predicted octanol–water partition coefficient (Wildman–Crippen LogP) is 4.29. The van der Waals surface area contributed by atoms with Crippen molar-refractivity contribution in [3.8, 4) is 0 Å². The molecule has 0 unspecified atom stereocenters. The maximum atomic E-state index is 13.1. The first kappa shape index (κ1) is 19.9. The van der Waals surface area contributed by atoms with E-state index in [0.29, 0.717) is 29.5 Å². The van der Waals surface area contributed by atoms with Crippen molar-refractivity contribution in [2.45, 2.75) is 38.8 Å². The number of halogens is 1. The number of hydrogen-bond donors (Lipinski definition) is 0. The van der Waals surface area contributed by atoms with Crippen LogP contribution in [0.15, 0.2) is 48.5 Å². The predicted molar refractivity (Wildman–Crippen MR) is 109 cm³/mol. The lowest BCUT2D eigenvalue weighted by atomic mass is 10.0. The van der Waals surface area contributed by atoms with Crippen LogP contribution in [0, 0.1) is 0 Å². The largest absolute Gasteiger partial charge is 0.330 e. The molecule has 144 valence electrons. The summed E-state index contributed by atoms with van der Waals surface area (Å²) < 4.78 is 23.9. The van der Waals surface area contributed by atoms with Gasteiger partial charge in [-0.1, -0.05) is 49.7 Å². The van der Waals surface area contributed by atoms with Crippen molar-refractivity contribution >= 4 is 27.3 Å². The van der Waals surface area contributed by atoms with Crippen LogP contribution in [0.1, 0.15) is 47.7 Å². The van der Waals surface area contributed by atoms with Gasteiger partial charge in [-0.05, 0) is 47.7 Å². The van der Waals surface area contributed by atoms with Gasteiger partial charge >= 0.3 is 0 Å². The molecule has 0 saturated carbocycles. The van der Waals surface area contributed by atoms with Gasteiger partial charge in [0.1, 0.15) is 0 Å². The number of hydrogen-bond acceptors (Lipinski definition) is 3. The number of rotatable bonds is 5. The first-order chi connectivity index (χ1) is 12.7. The number of nitrogens with zero attached hydrogens (tertiary/aromatic N) is 1. The lowest BCUT2D eigenvalue weighted by molar-refractivity contribution is 0.0681. The first-order valence-corrected chi connectivity index (χ1v) is 11.3. The Kier molecular flexibility index (Phi) is 5.92. The minimum Gasteiger partial charge on any atom is -0.330 e. The molecule has 0 spiro atoms. The number of benzene rings is 2. The highest BCUT2D eigenvalue weighted by Gasteiger charge is 2.35. The Hall–Kier alpha value is -1.85. The van der Waals surface area contributed by atoms with E-state index < -0.39 is 9.84 Å². The van der Waals surface area contributed by atoms with Crippen LogP contribution in [0.5, 0.6) is 0 Å². The molecule has 0 radical (unpaired) electrons. The van der Waals surface area contributed by atoms with Gasteiger partial charge in [0.2, 0.25) is 0 Å². The molecule has 1 saturated heterocycles. The van der Waals surface area contributed by atoms with Crippen molar-refractivity contribution in [3.05, 3.63) is 70.2 Å². The fraction of sp³-hybridized carbons (Fsp3) is 0.381. The maximum absolute atomic E-state index is 13.1. The first-order valence-electron chi connectivity index (χ1n) is 9.11. The van der Waals surface area contributed by atoms with Crippen molar-refractivity contribution in [3.63, 3.8) is 0 Å². The Morgan fingerprint density at radius 3 is 2.26 bits per heavy atom. The Balaban J connectivity index is 1.87. The fourth-order valence-corrected chi connectivity index (χ4v) is 5.21. The molecule has 2 aromatic carbocycles. The van der Waals surface area contributed by atoms with Crippen molar-refractivity contribution in [2.24, 2.45) is 0 Å². The van der Waals surface area contributed by atoms with E-state index in [1.54, 1.807) is 29.2 Å². The second-order valence-electron chi connectivity index (χ2n) is 7.39. The normalized spacial score (nSPS) is 18.6. The van der Waals surface area contributed by atoms with Gasteiger partial charge in [-0.2, -0.15) is 0 Å². The lowest BCUT2D eigenvalue weighted by Crippen LogP contribution is -2.40. The summed E-state index contributed by atoms with van der Waals surface area (Å²) in [6.45, 7) is 4.66. The van der Waals surface area contributed by atoms with E-state index in [1.807, 2.05) is 12.1 Å². The number of sulfone groups is 1. The number of carbonyl (C=O) groups is 1. The third-order valence-electron chi connectivity index (χ3n) is 5.00. The van der Waals surface area contributed by atoms with Crippen molar-refractivity contribution in [1.29, 1.82) is 0 Å². The minimum absolute atomic E-state index is 0.0242. The average Bonchev–Trinajstić information content (AvgIpc) is 2.99. The van der Waals surface area contributed by atoms with Gasteiger partial charge in [-0.15, -0.1) is 0 Å². The zero-order valence-electron chi connectivity index (χ0n) is 15.6. The van der Waals surface area contributed by atoms with Crippen LogP contribution in [0.4, 0.5) is 0 Å². The van der Waals surface area contributed by atoms with Crippen LogP contribution in [0.3, 0.4) is 0 Å². The second-order valence-corrected chi connectivity index (χ2v) is 10.1. The fourth-order valence-electron chi connectivity index (χ4n) is 3.35. The maximum Gasteiger partial charge on any atom is 0.254 e. The molecule has 1 atom stereocenters. The highest BCUT2D eigenvalue weighted by atomic mass is 35.5. The zero-order chi connectivity index (χ0) is 19.6. The Morgan fingerprint density at radius 2 is 1.74 bits per heavy atom. The molecule has 1 aliphatic rings. The molecule has 1 fully saturated rings. The monoisotopic (exact) mass is 405 g/mol. The molecule has 0 aromatic heterocycles. The average molecular weight is 406 g/mol. The van der Waals surface area contributed by atoms with E-state index in [-0.39, 0.29) is 23.5 Å². The van der Waals surface area contributed by atoms with E-state index in [9.17, 15) is 13.2 Å². The van der Waals surface area contributed by atoms with Gasteiger partial charge in [0.25, 0.3) is 5.91 Å². The Labute approximate surface area is 166 Å². The highest BCUT2D eigenvalue weighted by molar-refractivity contribution is 7.91. The molecule has 0 N–H and O–H groups in total. The molecular formula is C21H24ClNO3S. The molecule has 1 amide bonds. The molecule has 2 aromatic rings. The standard InChI is InChI=1S/C21H24ClNO3S/c1-15(2)17-5-3-16(4-6-17)13-23(20-11-12-27(25,26)14-20)21(24)18-7-9-19(22)10-8-18/h3-10,15,20H,11-14H2,1-2H3/t20-/m0/s1. The quantitative estimate of drug-likeness (QED) is 0.745. The molecule has 3 rings (SSSR count). The Bertz CT molecular complexity index is 905. The van der Waals surface area contributed by atoms with Crippen molar-refractivity contribution < 1.29 is 13.2 Å². The molecule has 4 nitrogen and oxygen atoms in total. The molecule has 6 heteroatoms. The van der Waals surface area contributed by atoms with Gasteiger partial charge in [-0.3, -0.25) is 4.79 Å². The second kappa shape index (κ2) is 8.03. The van der Waals surface area contributed by atoms with Crippen LogP contribution >= 0.6 is 11.6 Å². The summed E-state index contributed by atoms with van der Waals surface area (Å²) in [5.74, 6) is 0.428. The molecule has 0 bridgehead atoms. The molecule has 0 aliphatic carbocycles. The Morgan fingerprint density at radius 1 is 1.11 bits per heavy atom. The zero-order valence-corrected chi connectivity index (χ0v) is 17.1. The SMILES string of the molecule is CC(C)c1ccc(CN(C(=O)c2ccc(Cl)cc2)[C@H]2CCS(=O)(=O)C2)cc1. The van der Waals surface area contributed by atoms with E-state index >= 15 is 0 Å². The van der Waals surface area contributed by atoms with Gasteiger partial charge in [0.15, 0.2) is 9.84 Å². The van der Waals surface area contributed by atoms with Crippen LogP contribution < -0.4 is 0 Å². The summed E-state index contributed by atoms with van der Waals surface area (Å²) in [6, 6.07) is 14.6. The topological polar surface area (TPSA) is 54.5 Å². The van der Waals surface area contributed by atoms with Gasteiger partial charge < -0.3 is 4.90 Å². The van der Waals surface area contributed by atoms with Crippen LogP contribution in [0.2, 0.25) is 5.02 Å². The van der Waals surface area contributed by atoms with Crippen molar-refractivity contribution in [2.75, 3.05) is 11.5 Å². The third kappa shape index (κ3) is 4.90. The minimum atomic E-state index is -3.09. The highest BCUT2D eigenvalue weighted by Crippen LogP contribution is 2.24. The molecular weight excluding hydrogens is 382 g/mol. The smallest absolute Gasteiger partial charge is 0.254 e. The molecule has 27 heavy (non-hydrogen) atoms. The molecule has 1 aliphatic heterocycles. The van der Waals surface area contributed by atoms with Crippen molar-refractivity contribution in [1.82, 2.24) is 4.90 Å². The van der Waals surface area contributed by atoms with Crippen LogP contribution in [-0.2, 0) is 16.4 Å². The van der Waals surface area contributed by atoms with E-state index in [4.69, 9.17) is 11.6 Å². The number of carbonyl (C=O) groups excluding carboxylic acids is 1. The lowest BCUT2D eigenvalue weighted by Gasteiger charge is -2.29. The summed E-state index contributed by atoms with van der Waals surface area (Å²) in [4.78, 5) is 14.8. The van der Waals surface area contributed by atoms with E-state index in [2.05, 4.69) is 26.0 Å². The third-order valence-corrected chi connectivity index (χ3v) is 7.00. The summed E-state index contributed by atoms with van der Waals surface area (Å²) in [5.41, 5.74) is 2.74. The van der Waals surface area contributed by atoms with Gasteiger partial charge in [0.05, 0.1) is 11.5 Å². The van der Waals surface area contributed by atoms with E-state index in [1.165, 1.54) is 5.56 Å². The van der Waals surface area contributed by atoms with E-state index in [0.717, 1.165) is 5.56 Å². The number of amides is 1. The summed E-state index contributed by atoms with van der Waals surface area (Å²) in [5, 5.41) is 0.561. The van der Waals surface area contributed by atoms with Gasteiger partial charge in [-0.25, -0.2) is 8.42 Å². The van der Waals surface area contributed by atoms with Gasteiger partial charge in [0, 0.05) is 23.2 Å². The summed E-state index contributed by atoms with van der Waals surface area (Å²) in [6.07, 6.45) is 0.478. The molecule has 1 heterocycles. The summed E-state index contributed by atoms with van der Waals surface area (Å²) >= 11 is 5.93. The van der Waals surface area contributed by atoms with Crippen LogP contribution in [0.25, 0.3) is 0 Å². The summed E-state index contributed by atoms with van der Waals surface area (Å²) in [7, 11) is -3.09.